The summed E-state index contributed by atoms with van der Waals surface area (Å²) in [4.78, 5) is 4.75. The Morgan fingerprint density at radius 2 is 1.96 bits per heavy atom. The molecule has 23 heavy (non-hydrogen) atoms. The SMILES string of the molecule is CC1CN(C/C=C/c2ccccc2)CCN1c1ccc(Cl)nn1. The first kappa shape index (κ1) is 16.0. The molecule has 1 aliphatic rings. The molecule has 1 aromatic heterocycles. The molecular weight excluding hydrogens is 308 g/mol. The summed E-state index contributed by atoms with van der Waals surface area (Å²) in [6, 6.07) is 14.6. The van der Waals surface area contributed by atoms with E-state index in [-0.39, 0.29) is 0 Å². The molecule has 1 atom stereocenters. The predicted octanol–water partition coefficient (Wildman–Crippen LogP) is 3.35. The summed E-state index contributed by atoms with van der Waals surface area (Å²) in [6.07, 6.45) is 4.42. The van der Waals surface area contributed by atoms with Gasteiger partial charge in [-0.3, -0.25) is 4.90 Å². The second kappa shape index (κ2) is 7.57. The Bertz CT molecular complexity index is 642. The van der Waals surface area contributed by atoms with Crippen LogP contribution in [0.2, 0.25) is 5.15 Å². The number of aromatic nitrogens is 2. The van der Waals surface area contributed by atoms with Gasteiger partial charge in [-0.15, -0.1) is 10.2 Å². The predicted molar refractivity (Wildman–Crippen MR) is 95.8 cm³/mol. The third kappa shape index (κ3) is 4.30. The van der Waals surface area contributed by atoms with Crippen LogP contribution in [0.1, 0.15) is 12.5 Å². The highest BCUT2D eigenvalue weighted by Gasteiger charge is 2.24. The Hall–Kier alpha value is -1.91. The number of piperazine rings is 1. The number of halogens is 1. The van der Waals surface area contributed by atoms with Gasteiger partial charge in [0, 0.05) is 32.2 Å². The monoisotopic (exact) mass is 328 g/mol. The lowest BCUT2D eigenvalue weighted by Crippen LogP contribution is -2.52. The van der Waals surface area contributed by atoms with E-state index < -0.39 is 0 Å². The quantitative estimate of drug-likeness (QED) is 0.861. The van der Waals surface area contributed by atoms with Crippen molar-refractivity contribution in [2.24, 2.45) is 0 Å². The zero-order valence-electron chi connectivity index (χ0n) is 13.3. The number of hydrogen-bond donors (Lipinski definition) is 0. The van der Waals surface area contributed by atoms with E-state index in [0.29, 0.717) is 11.2 Å². The van der Waals surface area contributed by atoms with Crippen LogP contribution in [0.25, 0.3) is 6.08 Å². The summed E-state index contributed by atoms with van der Waals surface area (Å²) in [5, 5.41) is 8.57. The molecule has 5 heteroatoms. The number of anilines is 1. The van der Waals surface area contributed by atoms with Crippen LogP contribution in [-0.4, -0.2) is 47.3 Å². The maximum absolute atomic E-state index is 5.81. The van der Waals surface area contributed by atoms with Crippen molar-refractivity contribution in [3.05, 3.63) is 59.3 Å². The molecule has 1 unspecified atom stereocenters. The van der Waals surface area contributed by atoms with E-state index in [9.17, 15) is 0 Å². The lowest BCUT2D eigenvalue weighted by atomic mass is 10.1. The average molecular weight is 329 g/mol. The number of nitrogens with zero attached hydrogens (tertiary/aromatic N) is 4. The van der Waals surface area contributed by atoms with E-state index in [2.05, 4.69) is 63.3 Å². The molecule has 1 saturated heterocycles. The van der Waals surface area contributed by atoms with Crippen LogP contribution in [0.5, 0.6) is 0 Å². The van der Waals surface area contributed by atoms with Crippen molar-refractivity contribution < 1.29 is 0 Å². The molecule has 0 bridgehead atoms. The van der Waals surface area contributed by atoms with Crippen LogP contribution in [0, 0.1) is 0 Å². The lowest BCUT2D eigenvalue weighted by Gasteiger charge is -2.40. The third-order valence-corrected chi connectivity index (χ3v) is 4.30. The minimum Gasteiger partial charge on any atom is -0.350 e. The summed E-state index contributed by atoms with van der Waals surface area (Å²) in [7, 11) is 0. The van der Waals surface area contributed by atoms with Crippen LogP contribution < -0.4 is 4.90 Å². The van der Waals surface area contributed by atoms with Gasteiger partial charge in [-0.05, 0) is 24.6 Å². The Balaban J connectivity index is 1.54. The molecule has 1 fully saturated rings. The van der Waals surface area contributed by atoms with Crippen molar-refractivity contribution in [3.63, 3.8) is 0 Å². The summed E-state index contributed by atoms with van der Waals surface area (Å²) in [5.41, 5.74) is 1.25. The van der Waals surface area contributed by atoms with Crippen LogP contribution in [0.3, 0.4) is 0 Å². The summed E-state index contributed by atoms with van der Waals surface area (Å²) >= 11 is 5.81. The van der Waals surface area contributed by atoms with Crippen LogP contribution in [-0.2, 0) is 0 Å². The summed E-state index contributed by atoms with van der Waals surface area (Å²) in [6.45, 7) is 6.19. The Morgan fingerprint density at radius 3 is 2.65 bits per heavy atom. The fraction of sp³-hybridized carbons (Fsp3) is 0.333. The Kier molecular flexibility index (Phi) is 5.26. The highest BCUT2D eigenvalue weighted by Crippen LogP contribution is 2.18. The third-order valence-electron chi connectivity index (χ3n) is 4.10. The van der Waals surface area contributed by atoms with Gasteiger partial charge in [-0.1, -0.05) is 54.1 Å². The molecule has 3 rings (SSSR count). The van der Waals surface area contributed by atoms with Gasteiger partial charge in [0.2, 0.25) is 0 Å². The van der Waals surface area contributed by atoms with Gasteiger partial charge in [0.05, 0.1) is 0 Å². The van der Waals surface area contributed by atoms with Gasteiger partial charge in [0.25, 0.3) is 0 Å². The minimum atomic E-state index is 0.407. The molecule has 1 aliphatic heterocycles. The fourth-order valence-electron chi connectivity index (χ4n) is 2.90. The molecule has 0 N–H and O–H groups in total. The van der Waals surface area contributed by atoms with E-state index in [1.165, 1.54) is 5.56 Å². The van der Waals surface area contributed by atoms with E-state index in [0.717, 1.165) is 32.0 Å². The van der Waals surface area contributed by atoms with Gasteiger partial charge < -0.3 is 4.90 Å². The molecular formula is C18H21ClN4. The second-order valence-corrected chi connectivity index (χ2v) is 6.22. The van der Waals surface area contributed by atoms with Gasteiger partial charge in [-0.25, -0.2) is 0 Å². The van der Waals surface area contributed by atoms with E-state index in [4.69, 9.17) is 11.6 Å². The summed E-state index contributed by atoms with van der Waals surface area (Å²) in [5.74, 6) is 0.904. The normalized spacial score (nSPS) is 19.4. The highest BCUT2D eigenvalue weighted by molar-refractivity contribution is 6.29. The number of rotatable bonds is 4. The van der Waals surface area contributed by atoms with Crippen molar-refractivity contribution in [1.82, 2.24) is 15.1 Å². The van der Waals surface area contributed by atoms with Crippen molar-refractivity contribution in [2.45, 2.75) is 13.0 Å². The van der Waals surface area contributed by atoms with Crippen molar-refractivity contribution in [1.29, 1.82) is 0 Å². The number of benzene rings is 1. The highest BCUT2D eigenvalue weighted by atomic mass is 35.5. The first-order chi connectivity index (χ1) is 11.2. The Labute approximate surface area is 142 Å². The van der Waals surface area contributed by atoms with E-state index >= 15 is 0 Å². The Morgan fingerprint density at radius 1 is 1.13 bits per heavy atom. The largest absolute Gasteiger partial charge is 0.350 e. The smallest absolute Gasteiger partial charge is 0.151 e. The molecule has 1 aromatic carbocycles. The maximum Gasteiger partial charge on any atom is 0.151 e. The van der Waals surface area contributed by atoms with E-state index in [1.807, 2.05) is 12.1 Å². The van der Waals surface area contributed by atoms with Gasteiger partial charge in [0.1, 0.15) is 0 Å². The fourth-order valence-corrected chi connectivity index (χ4v) is 3.00. The molecule has 0 spiro atoms. The maximum atomic E-state index is 5.81. The van der Waals surface area contributed by atoms with Crippen LogP contribution in [0.15, 0.2) is 48.5 Å². The van der Waals surface area contributed by atoms with Crippen LogP contribution in [0.4, 0.5) is 5.82 Å². The topological polar surface area (TPSA) is 32.3 Å². The van der Waals surface area contributed by atoms with E-state index in [1.54, 1.807) is 6.07 Å². The molecule has 4 nitrogen and oxygen atoms in total. The molecule has 120 valence electrons. The van der Waals surface area contributed by atoms with Crippen LogP contribution >= 0.6 is 11.6 Å². The zero-order valence-corrected chi connectivity index (χ0v) is 14.0. The summed E-state index contributed by atoms with van der Waals surface area (Å²) < 4.78 is 0. The standard InChI is InChI=1S/C18H21ClN4/c1-15-14-22(11-5-8-16-6-3-2-4-7-16)12-13-23(15)18-10-9-17(19)20-21-18/h2-10,15H,11-14H2,1H3/b8-5+. The first-order valence-corrected chi connectivity index (χ1v) is 8.30. The zero-order chi connectivity index (χ0) is 16.1. The molecule has 0 saturated carbocycles. The average Bonchev–Trinajstić information content (AvgIpc) is 2.57. The molecule has 2 heterocycles. The minimum absolute atomic E-state index is 0.407. The second-order valence-electron chi connectivity index (χ2n) is 5.83. The van der Waals surface area contributed by atoms with Gasteiger partial charge in [0.15, 0.2) is 11.0 Å². The molecule has 2 aromatic rings. The molecule has 0 aliphatic carbocycles. The lowest BCUT2D eigenvalue weighted by molar-refractivity contribution is 0.250. The first-order valence-electron chi connectivity index (χ1n) is 7.92. The molecule has 0 amide bonds. The van der Waals surface area contributed by atoms with Gasteiger partial charge in [-0.2, -0.15) is 0 Å². The van der Waals surface area contributed by atoms with Crippen molar-refractivity contribution >= 4 is 23.5 Å². The van der Waals surface area contributed by atoms with Crippen molar-refractivity contribution in [2.75, 3.05) is 31.1 Å². The number of hydrogen-bond acceptors (Lipinski definition) is 4. The van der Waals surface area contributed by atoms with Gasteiger partial charge >= 0.3 is 0 Å². The van der Waals surface area contributed by atoms with Crippen molar-refractivity contribution in [3.8, 4) is 0 Å². The molecule has 0 radical (unpaired) electrons.